The summed E-state index contributed by atoms with van der Waals surface area (Å²) in [6, 6.07) is 7.39. The van der Waals surface area contributed by atoms with Crippen molar-refractivity contribution < 1.29 is 19.4 Å². The molecular formula is C33H58N4O4. The molecule has 1 aliphatic heterocycles. The van der Waals surface area contributed by atoms with Gasteiger partial charge in [0, 0.05) is 57.4 Å². The fourth-order valence-electron chi connectivity index (χ4n) is 5.66. The minimum absolute atomic E-state index is 0.00880. The summed E-state index contributed by atoms with van der Waals surface area (Å²) in [7, 11) is 1.79. The van der Waals surface area contributed by atoms with Gasteiger partial charge in [-0.25, -0.2) is 0 Å². The molecule has 8 heteroatoms. The highest BCUT2D eigenvalue weighted by molar-refractivity contribution is 5.95. The molecule has 1 aromatic carbocycles. The van der Waals surface area contributed by atoms with Crippen molar-refractivity contribution in [2.45, 2.75) is 97.8 Å². The molecule has 0 aliphatic carbocycles. The lowest BCUT2D eigenvalue weighted by atomic mass is 9.83. The summed E-state index contributed by atoms with van der Waals surface area (Å²) in [6.07, 6.45) is 5.38. The van der Waals surface area contributed by atoms with E-state index < -0.39 is 12.1 Å². The number of hydrogen-bond acceptors (Lipinski definition) is 6. The fraction of sp³-hybridized carbons (Fsp3) is 0.758. The maximum atomic E-state index is 13.3. The SMILES string of the molecule is CCCCNC(=O)[C@@H](C[C@H](O)C(N)C[C@H](CNC(=O)c1ccccc1CCN1CCC(OC)CC1)C(C)C)C(C)C. The van der Waals surface area contributed by atoms with E-state index in [1.54, 1.807) is 7.11 Å². The third-order valence-corrected chi connectivity index (χ3v) is 8.83. The summed E-state index contributed by atoms with van der Waals surface area (Å²) in [4.78, 5) is 28.5. The van der Waals surface area contributed by atoms with Crippen LogP contribution < -0.4 is 16.4 Å². The molecule has 0 aromatic heterocycles. The van der Waals surface area contributed by atoms with Crippen molar-refractivity contribution in [3.05, 3.63) is 35.4 Å². The lowest BCUT2D eigenvalue weighted by Crippen LogP contribution is -2.44. The van der Waals surface area contributed by atoms with Crippen molar-refractivity contribution in [2.75, 3.05) is 39.8 Å². The Bertz CT molecular complexity index is 901. The summed E-state index contributed by atoms with van der Waals surface area (Å²) in [5, 5.41) is 17.1. The molecule has 1 aliphatic rings. The van der Waals surface area contributed by atoms with E-state index in [0.29, 0.717) is 32.0 Å². The fourth-order valence-corrected chi connectivity index (χ4v) is 5.66. The van der Waals surface area contributed by atoms with Crippen molar-refractivity contribution >= 4 is 11.8 Å². The molecule has 234 valence electrons. The molecule has 0 radical (unpaired) electrons. The van der Waals surface area contributed by atoms with Crippen LogP contribution in [0.15, 0.2) is 24.3 Å². The van der Waals surface area contributed by atoms with Gasteiger partial charge in [0.2, 0.25) is 5.91 Å². The number of methoxy groups -OCH3 is 1. The number of carbonyl (C=O) groups excluding carboxylic acids is 2. The number of ether oxygens (including phenoxy) is 1. The molecule has 0 spiro atoms. The van der Waals surface area contributed by atoms with Gasteiger partial charge in [-0.3, -0.25) is 9.59 Å². The number of benzene rings is 1. The maximum absolute atomic E-state index is 13.3. The predicted molar refractivity (Wildman–Crippen MR) is 167 cm³/mol. The van der Waals surface area contributed by atoms with Crippen LogP contribution in [0, 0.1) is 23.7 Å². The zero-order valence-corrected chi connectivity index (χ0v) is 26.5. The first kappa shape index (κ1) is 35.2. The first-order chi connectivity index (χ1) is 19.6. The number of rotatable bonds is 18. The number of carbonyl (C=O) groups is 2. The van der Waals surface area contributed by atoms with Gasteiger partial charge in [-0.15, -0.1) is 0 Å². The van der Waals surface area contributed by atoms with Crippen LogP contribution in [0.4, 0.5) is 0 Å². The Kier molecular flexibility index (Phi) is 15.9. The zero-order chi connectivity index (χ0) is 30.4. The second-order valence-electron chi connectivity index (χ2n) is 12.6. The van der Waals surface area contributed by atoms with Crippen LogP contribution in [0.2, 0.25) is 0 Å². The number of likely N-dealkylation sites (tertiary alicyclic amines) is 1. The second kappa shape index (κ2) is 18.5. The van der Waals surface area contributed by atoms with Crippen molar-refractivity contribution in [2.24, 2.45) is 29.4 Å². The number of nitrogens with one attached hydrogen (secondary N) is 2. The highest BCUT2D eigenvalue weighted by atomic mass is 16.5. The molecule has 1 fully saturated rings. The Balaban J connectivity index is 1.92. The number of nitrogens with two attached hydrogens (primary N) is 1. The Labute approximate surface area is 249 Å². The Morgan fingerprint density at radius 3 is 2.37 bits per heavy atom. The lowest BCUT2D eigenvalue weighted by molar-refractivity contribution is -0.127. The monoisotopic (exact) mass is 574 g/mol. The van der Waals surface area contributed by atoms with E-state index in [1.807, 2.05) is 38.1 Å². The number of unbranched alkanes of at least 4 members (excludes halogenated alkanes) is 1. The van der Waals surface area contributed by atoms with Crippen LogP contribution >= 0.6 is 0 Å². The second-order valence-corrected chi connectivity index (χ2v) is 12.6. The van der Waals surface area contributed by atoms with Gasteiger partial charge in [0.05, 0.1) is 12.2 Å². The van der Waals surface area contributed by atoms with Crippen LogP contribution in [-0.2, 0) is 16.0 Å². The average molecular weight is 575 g/mol. The third-order valence-electron chi connectivity index (χ3n) is 8.83. The van der Waals surface area contributed by atoms with Gasteiger partial charge in [-0.1, -0.05) is 59.2 Å². The van der Waals surface area contributed by atoms with Crippen LogP contribution in [0.1, 0.15) is 89.1 Å². The first-order valence-corrected chi connectivity index (χ1v) is 15.9. The number of aliphatic hydroxyl groups is 1. The van der Waals surface area contributed by atoms with Crippen LogP contribution in [0.3, 0.4) is 0 Å². The van der Waals surface area contributed by atoms with Crippen molar-refractivity contribution in [1.82, 2.24) is 15.5 Å². The number of amides is 2. The molecule has 4 atom stereocenters. The van der Waals surface area contributed by atoms with Gasteiger partial charge in [-0.2, -0.15) is 0 Å². The lowest BCUT2D eigenvalue weighted by Gasteiger charge is -2.31. The molecule has 8 nitrogen and oxygen atoms in total. The number of aliphatic hydroxyl groups excluding tert-OH is 1. The molecule has 0 bridgehead atoms. The van der Waals surface area contributed by atoms with Crippen molar-refractivity contribution in [3.63, 3.8) is 0 Å². The van der Waals surface area contributed by atoms with E-state index in [2.05, 4.69) is 36.3 Å². The van der Waals surface area contributed by atoms with Gasteiger partial charge >= 0.3 is 0 Å². The van der Waals surface area contributed by atoms with Gasteiger partial charge in [0.1, 0.15) is 0 Å². The number of hydrogen-bond donors (Lipinski definition) is 4. The number of nitrogens with zero attached hydrogens (tertiary/aromatic N) is 1. The first-order valence-electron chi connectivity index (χ1n) is 15.9. The van der Waals surface area contributed by atoms with E-state index in [9.17, 15) is 14.7 Å². The summed E-state index contributed by atoms with van der Waals surface area (Å²) in [5.41, 5.74) is 8.27. The van der Waals surface area contributed by atoms with E-state index >= 15 is 0 Å². The van der Waals surface area contributed by atoms with Gasteiger partial charge < -0.3 is 31.1 Å². The molecule has 1 unspecified atom stereocenters. The molecule has 41 heavy (non-hydrogen) atoms. The van der Waals surface area contributed by atoms with E-state index in [-0.39, 0.29) is 35.5 Å². The molecule has 0 saturated carbocycles. The Hall–Kier alpha value is -2.00. The third kappa shape index (κ3) is 12.0. The van der Waals surface area contributed by atoms with Gasteiger partial charge in [-0.05, 0) is 67.9 Å². The van der Waals surface area contributed by atoms with Crippen LogP contribution in [0.25, 0.3) is 0 Å². The van der Waals surface area contributed by atoms with Crippen LogP contribution in [0.5, 0.6) is 0 Å². The maximum Gasteiger partial charge on any atom is 0.251 e. The molecule has 1 heterocycles. The van der Waals surface area contributed by atoms with Crippen molar-refractivity contribution in [1.29, 1.82) is 0 Å². The van der Waals surface area contributed by atoms with E-state index in [4.69, 9.17) is 10.5 Å². The quantitative estimate of drug-likeness (QED) is 0.197. The van der Waals surface area contributed by atoms with Gasteiger partial charge in [0.25, 0.3) is 5.91 Å². The Morgan fingerprint density at radius 1 is 1.07 bits per heavy atom. The van der Waals surface area contributed by atoms with E-state index in [1.165, 1.54) is 0 Å². The molecule has 1 aromatic rings. The largest absolute Gasteiger partial charge is 0.391 e. The van der Waals surface area contributed by atoms with Crippen molar-refractivity contribution in [3.8, 4) is 0 Å². The average Bonchev–Trinajstić information content (AvgIpc) is 2.96. The topological polar surface area (TPSA) is 117 Å². The zero-order valence-electron chi connectivity index (χ0n) is 26.5. The molecule has 5 N–H and O–H groups in total. The summed E-state index contributed by atoms with van der Waals surface area (Å²) in [5.74, 6) is 0.127. The molecule has 2 amide bonds. The normalized spacial score (nSPS) is 17.8. The molecule has 1 saturated heterocycles. The summed E-state index contributed by atoms with van der Waals surface area (Å²) in [6.45, 7) is 14.5. The smallest absolute Gasteiger partial charge is 0.251 e. The van der Waals surface area contributed by atoms with E-state index in [0.717, 1.165) is 62.9 Å². The van der Waals surface area contributed by atoms with Crippen LogP contribution in [-0.4, -0.2) is 79.9 Å². The molecular weight excluding hydrogens is 516 g/mol. The minimum atomic E-state index is -0.786. The predicted octanol–water partition coefficient (Wildman–Crippen LogP) is 4.00. The Morgan fingerprint density at radius 2 is 1.76 bits per heavy atom. The molecule has 2 rings (SSSR count). The summed E-state index contributed by atoms with van der Waals surface area (Å²) >= 11 is 0. The minimum Gasteiger partial charge on any atom is -0.391 e. The highest BCUT2D eigenvalue weighted by Crippen LogP contribution is 2.23. The summed E-state index contributed by atoms with van der Waals surface area (Å²) < 4.78 is 5.49. The van der Waals surface area contributed by atoms with Gasteiger partial charge in [0.15, 0.2) is 0 Å². The number of piperidine rings is 1. The highest BCUT2D eigenvalue weighted by Gasteiger charge is 2.30. The standard InChI is InChI=1S/C33H58N4O4/c1-7-8-16-35-33(40)29(24(4)5)21-31(38)30(34)20-26(23(2)3)22-36-32(39)28-12-10-9-11-25(28)13-17-37-18-14-27(41-6)15-19-37/h9-12,23-24,26-27,29-31,38H,7-8,13-22,34H2,1-6H3,(H,35,40)(H,36,39)/t26-,29+,30?,31+/m1/s1.